The second-order valence-electron chi connectivity index (χ2n) is 6.41. The first-order valence-electron chi connectivity index (χ1n) is 8.58. The number of hydrogen-bond acceptors (Lipinski definition) is 3. The third-order valence-electron chi connectivity index (χ3n) is 4.31. The number of halogens is 1. The fourth-order valence-electron chi connectivity index (χ4n) is 2.63. The van der Waals surface area contributed by atoms with E-state index in [1.165, 1.54) is 24.3 Å². The highest BCUT2D eigenvalue weighted by atomic mass is 35.5. The highest BCUT2D eigenvalue weighted by molar-refractivity contribution is 7.89. The molecular weight excluding hydrogens is 372 g/mol. The molecule has 0 heterocycles. The van der Waals surface area contributed by atoms with Gasteiger partial charge in [0.25, 0.3) is 5.91 Å². The molecule has 1 aliphatic rings. The van der Waals surface area contributed by atoms with E-state index in [0.717, 1.165) is 24.8 Å². The summed E-state index contributed by atoms with van der Waals surface area (Å²) in [5, 5.41) is 3.62. The SMILES string of the molecule is CCC(NC(=O)c1ccc(S(=O)(=O)NC2CC2)cc1)c1ccc(Cl)cc1. The minimum Gasteiger partial charge on any atom is -0.345 e. The molecule has 2 aromatic rings. The first-order valence-corrected chi connectivity index (χ1v) is 10.4. The molecule has 1 atom stereocenters. The van der Waals surface area contributed by atoms with Gasteiger partial charge in [-0.1, -0.05) is 30.7 Å². The van der Waals surface area contributed by atoms with Crippen molar-refractivity contribution in [2.24, 2.45) is 0 Å². The van der Waals surface area contributed by atoms with Crippen molar-refractivity contribution in [2.45, 2.75) is 43.2 Å². The van der Waals surface area contributed by atoms with E-state index in [-0.39, 0.29) is 22.9 Å². The van der Waals surface area contributed by atoms with Crippen LogP contribution in [0.15, 0.2) is 53.4 Å². The van der Waals surface area contributed by atoms with Gasteiger partial charge in [0.2, 0.25) is 10.0 Å². The summed E-state index contributed by atoms with van der Waals surface area (Å²) in [7, 11) is -3.51. The van der Waals surface area contributed by atoms with Crippen molar-refractivity contribution in [3.8, 4) is 0 Å². The first kappa shape index (κ1) is 18.9. The van der Waals surface area contributed by atoms with E-state index in [4.69, 9.17) is 11.6 Å². The summed E-state index contributed by atoms with van der Waals surface area (Å²) in [6.45, 7) is 1.98. The zero-order valence-electron chi connectivity index (χ0n) is 14.4. The van der Waals surface area contributed by atoms with Crippen LogP contribution in [0.2, 0.25) is 5.02 Å². The molecule has 1 fully saturated rings. The number of nitrogens with one attached hydrogen (secondary N) is 2. The Labute approximate surface area is 158 Å². The van der Waals surface area contributed by atoms with Crippen molar-refractivity contribution in [3.63, 3.8) is 0 Å². The van der Waals surface area contributed by atoms with Gasteiger partial charge in [-0.25, -0.2) is 13.1 Å². The van der Waals surface area contributed by atoms with E-state index < -0.39 is 10.0 Å². The van der Waals surface area contributed by atoms with Gasteiger partial charge < -0.3 is 5.32 Å². The second kappa shape index (κ2) is 7.78. The summed E-state index contributed by atoms with van der Waals surface area (Å²) in [6, 6.07) is 13.2. The van der Waals surface area contributed by atoms with E-state index in [0.29, 0.717) is 10.6 Å². The van der Waals surface area contributed by atoms with Gasteiger partial charge in [0.15, 0.2) is 0 Å². The third kappa shape index (κ3) is 4.63. The number of carbonyl (C=O) groups excluding carboxylic acids is 1. The molecule has 0 saturated heterocycles. The van der Waals surface area contributed by atoms with Gasteiger partial charge in [-0.05, 0) is 61.2 Å². The van der Waals surface area contributed by atoms with E-state index in [2.05, 4.69) is 10.0 Å². The Morgan fingerprint density at radius 1 is 1.12 bits per heavy atom. The monoisotopic (exact) mass is 392 g/mol. The molecule has 7 heteroatoms. The van der Waals surface area contributed by atoms with Crippen LogP contribution in [0.1, 0.15) is 48.1 Å². The molecule has 0 aliphatic heterocycles. The summed E-state index contributed by atoms with van der Waals surface area (Å²) < 4.78 is 27.0. The van der Waals surface area contributed by atoms with Crippen molar-refractivity contribution >= 4 is 27.5 Å². The summed E-state index contributed by atoms with van der Waals surface area (Å²) in [4.78, 5) is 12.7. The van der Waals surface area contributed by atoms with Gasteiger partial charge in [-0.2, -0.15) is 0 Å². The maximum Gasteiger partial charge on any atom is 0.251 e. The lowest BCUT2D eigenvalue weighted by Crippen LogP contribution is -2.28. The largest absolute Gasteiger partial charge is 0.345 e. The zero-order valence-corrected chi connectivity index (χ0v) is 16.0. The van der Waals surface area contributed by atoms with Gasteiger partial charge in [0.1, 0.15) is 0 Å². The van der Waals surface area contributed by atoms with Crippen molar-refractivity contribution < 1.29 is 13.2 Å². The van der Waals surface area contributed by atoms with Crippen LogP contribution in [0, 0.1) is 0 Å². The maximum absolute atomic E-state index is 12.5. The Morgan fingerprint density at radius 3 is 2.27 bits per heavy atom. The van der Waals surface area contributed by atoms with Gasteiger partial charge in [-0.3, -0.25) is 4.79 Å². The van der Waals surface area contributed by atoms with Crippen LogP contribution in [0.3, 0.4) is 0 Å². The van der Waals surface area contributed by atoms with Crippen LogP contribution in [-0.4, -0.2) is 20.4 Å². The highest BCUT2D eigenvalue weighted by Gasteiger charge is 2.28. The topological polar surface area (TPSA) is 75.3 Å². The molecule has 3 rings (SSSR count). The van der Waals surface area contributed by atoms with Crippen LogP contribution in [0.4, 0.5) is 0 Å². The molecule has 138 valence electrons. The lowest BCUT2D eigenvalue weighted by Gasteiger charge is -2.18. The van der Waals surface area contributed by atoms with Gasteiger partial charge >= 0.3 is 0 Å². The van der Waals surface area contributed by atoms with Crippen molar-refractivity contribution in [1.29, 1.82) is 0 Å². The Morgan fingerprint density at radius 2 is 1.73 bits per heavy atom. The van der Waals surface area contributed by atoms with Crippen molar-refractivity contribution in [2.75, 3.05) is 0 Å². The predicted octanol–water partition coefficient (Wildman–Crippen LogP) is 3.66. The standard InChI is InChI=1S/C19H21ClN2O3S/c1-2-18(13-3-7-15(20)8-4-13)21-19(23)14-5-11-17(12-6-14)26(24,25)22-16-9-10-16/h3-8,11-12,16,18,22H,2,9-10H2,1H3,(H,21,23). The van der Waals surface area contributed by atoms with Crippen LogP contribution in [0.25, 0.3) is 0 Å². The zero-order chi connectivity index (χ0) is 18.7. The quantitative estimate of drug-likeness (QED) is 0.755. The molecule has 2 N–H and O–H groups in total. The summed E-state index contributed by atoms with van der Waals surface area (Å²) in [5.74, 6) is -0.245. The predicted molar refractivity (Wildman–Crippen MR) is 102 cm³/mol. The minimum atomic E-state index is -3.51. The number of sulfonamides is 1. The summed E-state index contributed by atoms with van der Waals surface area (Å²) in [6.07, 6.45) is 2.48. The Hall–Kier alpha value is -1.89. The van der Waals surface area contributed by atoms with Crippen molar-refractivity contribution in [1.82, 2.24) is 10.0 Å². The smallest absolute Gasteiger partial charge is 0.251 e. The van der Waals surface area contributed by atoms with E-state index in [9.17, 15) is 13.2 Å². The number of amides is 1. The molecule has 1 saturated carbocycles. The van der Waals surface area contributed by atoms with Crippen LogP contribution >= 0.6 is 11.6 Å². The number of rotatable bonds is 7. The summed E-state index contributed by atoms with van der Waals surface area (Å²) in [5.41, 5.74) is 1.39. The average molecular weight is 393 g/mol. The fourth-order valence-corrected chi connectivity index (χ4v) is 4.06. The molecule has 26 heavy (non-hydrogen) atoms. The number of carbonyl (C=O) groups is 1. The third-order valence-corrected chi connectivity index (χ3v) is 6.10. The average Bonchev–Trinajstić information content (AvgIpc) is 3.44. The molecule has 0 bridgehead atoms. The van der Waals surface area contributed by atoms with Gasteiger partial charge in [0.05, 0.1) is 10.9 Å². The van der Waals surface area contributed by atoms with E-state index in [1.807, 2.05) is 19.1 Å². The number of benzene rings is 2. The molecule has 0 aromatic heterocycles. The second-order valence-corrected chi connectivity index (χ2v) is 8.56. The Balaban J connectivity index is 1.69. The highest BCUT2D eigenvalue weighted by Crippen LogP contribution is 2.23. The molecule has 5 nitrogen and oxygen atoms in total. The lowest BCUT2D eigenvalue weighted by atomic mass is 10.0. The number of hydrogen-bond donors (Lipinski definition) is 2. The maximum atomic E-state index is 12.5. The Kier molecular flexibility index (Phi) is 5.65. The van der Waals surface area contributed by atoms with E-state index in [1.54, 1.807) is 12.1 Å². The minimum absolute atomic E-state index is 0.0488. The molecule has 0 spiro atoms. The first-order chi connectivity index (χ1) is 12.4. The lowest BCUT2D eigenvalue weighted by molar-refractivity contribution is 0.0935. The normalized spacial score (nSPS) is 15.5. The fraction of sp³-hybridized carbons (Fsp3) is 0.316. The van der Waals surface area contributed by atoms with Gasteiger partial charge in [-0.15, -0.1) is 0 Å². The van der Waals surface area contributed by atoms with Gasteiger partial charge in [0, 0.05) is 16.6 Å². The molecular formula is C19H21ClN2O3S. The molecule has 1 aliphatic carbocycles. The molecule has 0 radical (unpaired) electrons. The Bertz CT molecular complexity index is 876. The van der Waals surface area contributed by atoms with Crippen molar-refractivity contribution in [3.05, 3.63) is 64.7 Å². The van der Waals surface area contributed by atoms with Crippen LogP contribution in [-0.2, 0) is 10.0 Å². The van der Waals surface area contributed by atoms with E-state index >= 15 is 0 Å². The van der Waals surface area contributed by atoms with Crippen LogP contribution in [0.5, 0.6) is 0 Å². The molecule has 1 unspecified atom stereocenters. The molecule has 2 aromatic carbocycles. The molecule has 1 amide bonds. The van der Waals surface area contributed by atoms with Crippen LogP contribution < -0.4 is 10.0 Å². The summed E-state index contributed by atoms with van der Waals surface area (Å²) >= 11 is 5.91.